The Balaban J connectivity index is 2.54. The average Bonchev–Trinajstić information content (AvgIpc) is 2.70. The Kier molecular flexibility index (Phi) is 3.77. The molecule has 0 saturated carbocycles. The number of nitrogens with two attached hydrogens (primary N) is 1. The van der Waals surface area contributed by atoms with E-state index in [9.17, 15) is 8.78 Å². The SMILES string of the molecule is CCn1ncc(Br)c1C(N)c1c(F)cccc1F. The van der Waals surface area contributed by atoms with Gasteiger partial charge in [0.05, 0.1) is 22.4 Å². The van der Waals surface area contributed by atoms with Crippen LogP contribution in [0.4, 0.5) is 8.78 Å². The second kappa shape index (κ2) is 5.16. The van der Waals surface area contributed by atoms with Crippen LogP contribution in [0.1, 0.15) is 24.2 Å². The van der Waals surface area contributed by atoms with Crippen molar-refractivity contribution in [3.63, 3.8) is 0 Å². The molecule has 0 aliphatic rings. The maximum Gasteiger partial charge on any atom is 0.131 e. The highest BCUT2D eigenvalue weighted by Crippen LogP contribution is 2.29. The fraction of sp³-hybridized carbons (Fsp3) is 0.250. The standard InChI is InChI=1S/C12H12BrF2N3/c1-2-18-12(7(13)6-17-18)11(16)10-8(14)4-3-5-9(10)15/h3-6,11H,2,16H2,1H3. The van der Waals surface area contributed by atoms with Crippen molar-refractivity contribution in [2.24, 2.45) is 5.73 Å². The van der Waals surface area contributed by atoms with Crippen molar-refractivity contribution in [1.82, 2.24) is 9.78 Å². The number of rotatable bonds is 3. The summed E-state index contributed by atoms with van der Waals surface area (Å²) in [6.07, 6.45) is 1.57. The van der Waals surface area contributed by atoms with Crippen molar-refractivity contribution in [3.8, 4) is 0 Å². The number of benzene rings is 1. The summed E-state index contributed by atoms with van der Waals surface area (Å²) >= 11 is 3.30. The van der Waals surface area contributed by atoms with E-state index in [1.807, 2.05) is 6.92 Å². The van der Waals surface area contributed by atoms with Crippen LogP contribution in [0.2, 0.25) is 0 Å². The minimum atomic E-state index is -0.900. The maximum absolute atomic E-state index is 13.7. The summed E-state index contributed by atoms with van der Waals surface area (Å²) in [6.45, 7) is 2.46. The summed E-state index contributed by atoms with van der Waals surface area (Å²) in [5.41, 5.74) is 6.38. The summed E-state index contributed by atoms with van der Waals surface area (Å²) in [5, 5.41) is 4.09. The highest BCUT2D eigenvalue weighted by atomic mass is 79.9. The molecule has 2 rings (SSSR count). The quantitative estimate of drug-likeness (QED) is 0.946. The second-order valence-corrected chi connectivity index (χ2v) is 4.66. The molecule has 0 aliphatic heterocycles. The van der Waals surface area contributed by atoms with E-state index >= 15 is 0 Å². The molecule has 0 radical (unpaired) electrons. The molecule has 2 N–H and O–H groups in total. The Hall–Kier alpha value is -1.27. The van der Waals surface area contributed by atoms with Gasteiger partial charge in [0.1, 0.15) is 11.6 Å². The van der Waals surface area contributed by atoms with Gasteiger partial charge in [-0.1, -0.05) is 6.07 Å². The van der Waals surface area contributed by atoms with Crippen molar-refractivity contribution in [1.29, 1.82) is 0 Å². The molecule has 0 aliphatic carbocycles. The Bertz CT molecular complexity index is 548. The van der Waals surface area contributed by atoms with E-state index in [-0.39, 0.29) is 5.56 Å². The van der Waals surface area contributed by atoms with Crippen LogP contribution in [0.15, 0.2) is 28.9 Å². The van der Waals surface area contributed by atoms with Gasteiger partial charge in [-0.15, -0.1) is 0 Å². The molecule has 18 heavy (non-hydrogen) atoms. The smallest absolute Gasteiger partial charge is 0.131 e. The van der Waals surface area contributed by atoms with Crippen LogP contribution in [-0.4, -0.2) is 9.78 Å². The third kappa shape index (κ3) is 2.18. The molecule has 6 heteroatoms. The van der Waals surface area contributed by atoms with Crippen molar-refractivity contribution < 1.29 is 8.78 Å². The number of aromatic nitrogens is 2. The second-order valence-electron chi connectivity index (χ2n) is 3.81. The fourth-order valence-electron chi connectivity index (χ4n) is 1.88. The van der Waals surface area contributed by atoms with Crippen molar-refractivity contribution in [2.75, 3.05) is 0 Å². The van der Waals surface area contributed by atoms with E-state index in [2.05, 4.69) is 21.0 Å². The molecule has 0 fully saturated rings. The first-order chi connectivity index (χ1) is 8.56. The van der Waals surface area contributed by atoms with Crippen molar-refractivity contribution in [3.05, 3.63) is 51.8 Å². The van der Waals surface area contributed by atoms with Gasteiger partial charge in [-0.25, -0.2) is 8.78 Å². The fourth-order valence-corrected chi connectivity index (χ4v) is 2.42. The predicted molar refractivity (Wildman–Crippen MR) is 68.0 cm³/mol. The number of halogens is 3. The normalized spacial score (nSPS) is 12.7. The predicted octanol–water partition coefficient (Wildman–Crippen LogP) is 2.99. The number of nitrogens with zero attached hydrogens (tertiary/aromatic N) is 2. The van der Waals surface area contributed by atoms with Gasteiger partial charge < -0.3 is 5.73 Å². The van der Waals surface area contributed by atoms with E-state index < -0.39 is 17.7 Å². The zero-order valence-electron chi connectivity index (χ0n) is 9.70. The monoisotopic (exact) mass is 315 g/mol. The van der Waals surface area contributed by atoms with E-state index in [0.29, 0.717) is 16.7 Å². The van der Waals surface area contributed by atoms with Crippen molar-refractivity contribution >= 4 is 15.9 Å². The van der Waals surface area contributed by atoms with Gasteiger partial charge in [-0.2, -0.15) is 5.10 Å². The highest BCUT2D eigenvalue weighted by molar-refractivity contribution is 9.10. The van der Waals surface area contributed by atoms with Crippen LogP contribution in [0.3, 0.4) is 0 Å². The average molecular weight is 316 g/mol. The maximum atomic E-state index is 13.7. The van der Waals surface area contributed by atoms with Gasteiger partial charge in [-0.05, 0) is 35.0 Å². The third-order valence-electron chi connectivity index (χ3n) is 2.74. The van der Waals surface area contributed by atoms with E-state index in [4.69, 9.17) is 5.73 Å². The van der Waals surface area contributed by atoms with Gasteiger partial charge in [-0.3, -0.25) is 4.68 Å². The lowest BCUT2D eigenvalue weighted by Crippen LogP contribution is -2.20. The van der Waals surface area contributed by atoms with Crippen LogP contribution in [0.5, 0.6) is 0 Å². The molecule has 1 unspecified atom stereocenters. The first kappa shape index (κ1) is 13.2. The van der Waals surface area contributed by atoms with Crippen LogP contribution < -0.4 is 5.73 Å². The summed E-state index contributed by atoms with van der Waals surface area (Å²) in [5.74, 6) is -1.31. The Labute approximate surface area is 112 Å². The van der Waals surface area contributed by atoms with E-state index in [0.717, 1.165) is 0 Å². The largest absolute Gasteiger partial charge is 0.319 e. The van der Waals surface area contributed by atoms with Gasteiger partial charge >= 0.3 is 0 Å². The first-order valence-electron chi connectivity index (χ1n) is 5.47. The molecule has 1 aromatic carbocycles. The third-order valence-corrected chi connectivity index (χ3v) is 3.35. The lowest BCUT2D eigenvalue weighted by molar-refractivity contribution is 0.525. The highest BCUT2D eigenvalue weighted by Gasteiger charge is 2.23. The molecule has 1 aromatic heterocycles. The number of aryl methyl sites for hydroxylation is 1. The summed E-state index contributed by atoms with van der Waals surface area (Å²) < 4.78 is 29.6. The summed E-state index contributed by atoms with van der Waals surface area (Å²) in [7, 11) is 0. The number of hydrogen-bond donors (Lipinski definition) is 1. The molecule has 0 amide bonds. The van der Waals surface area contributed by atoms with Gasteiger partial charge in [0, 0.05) is 12.1 Å². The van der Waals surface area contributed by atoms with Crippen molar-refractivity contribution in [2.45, 2.75) is 19.5 Å². The Morgan fingerprint density at radius 3 is 2.56 bits per heavy atom. The lowest BCUT2D eigenvalue weighted by Gasteiger charge is -2.16. The molecule has 1 heterocycles. The molecule has 3 nitrogen and oxygen atoms in total. The zero-order valence-corrected chi connectivity index (χ0v) is 11.3. The van der Waals surface area contributed by atoms with Crippen LogP contribution >= 0.6 is 15.9 Å². The Morgan fingerprint density at radius 2 is 2.00 bits per heavy atom. The van der Waals surface area contributed by atoms with Gasteiger partial charge in [0.2, 0.25) is 0 Å². The molecule has 0 saturated heterocycles. The van der Waals surface area contributed by atoms with E-state index in [1.165, 1.54) is 18.2 Å². The minimum absolute atomic E-state index is 0.145. The topological polar surface area (TPSA) is 43.8 Å². The molecule has 2 aromatic rings. The molecule has 0 bridgehead atoms. The first-order valence-corrected chi connectivity index (χ1v) is 6.26. The molecular weight excluding hydrogens is 304 g/mol. The van der Waals surface area contributed by atoms with E-state index in [1.54, 1.807) is 10.9 Å². The molecule has 0 spiro atoms. The molecular formula is C12H12BrF2N3. The zero-order chi connectivity index (χ0) is 13.3. The lowest BCUT2D eigenvalue weighted by atomic mass is 10.0. The molecule has 1 atom stereocenters. The molecule has 96 valence electrons. The Morgan fingerprint density at radius 1 is 1.39 bits per heavy atom. The summed E-state index contributed by atoms with van der Waals surface area (Å²) in [4.78, 5) is 0. The van der Waals surface area contributed by atoms with Crippen LogP contribution in [-0.2, 0) is 6.54 Å². The van der Waals surface area contributed by atoms with Crippen LogP contribution in [0, 0.1) is 11.6 Å². The van der Waals surface area contributed by atoms with Gasteiger partial charge in [0.25, 0.3) is 0 Å². The minimum Gasteiger partial charge on any atom is -0.319 e. The summed E-state index contributed by atoms with van der Waals surface area (Å²) in [6, 6.07) is 2.80. The van der Waals surface area contributed by atoms with Gasteiger partial charge in [0.15, 0.2) is 0 Å². The number of hydrogen-bond acceptors (Lipinski definition) is 2. The van der Waals surface area contributed by atoms with Crippen LogP contribution in [0.25, 0.3) is 0 Å².